The number of likely N-dealkylation sites (tertiary alicyclic amines) is 1. The topological polar surface area (TPSA) is 41.9 Å². The molecule has 0 aliphatic carbocycles. The van der Waals surface area contributed by atoms with Crippen molar-refractivity contribution in [3.63, 3.8) is 0 Å². The van der Waals surface area contributed by atoms with E-state index in [-0.39, 0.29) is 6.10 Å². The Bertz CT molecular complexity index is 383. The van der Waals surface area contributed by atoms with Crippen molar-refractivity contribution in [2.24, 2.45) is 0 Å². The molecule has 1 aliphatic heterocycles. The molecule has 0 saturated carbocycles. The van der Waals surface area contributed by atoms with E-state index in [2.05, 4.69) is 4.90 Å². The van der Waals surface area contributed by atoms with Gasteiger partial charge in [-0.3, -0.25) is 4.90 Å². The minimum absolute atomic E-state index is 0.258. The molecule has 2 rings (SSSR count). The van der Waals surface area contributed by atoms with Crippen LogP contribution in [-0.2, 0) is 4.74 Å². The summed E-state index contributed by atoms with van der Waals surface area (Å²) in [7, 11) is 0. The molecule has 1 aromatic carbocycles. The summed E-state index contributed by atoms with van der Waals surface area (Å²) >= 11 is 0. The zero-order valence-electron chi connectivity index (χ0n) is 12.9. The first-order valence-corrected chi connectivity index (χ1v) is 7.95. The van der Waals surface area contributed by atoms with Crippen LogP contribution >= 0.6 is 0 Å². The lowest BCUT2D eigenvalue weighted by atomic mass is 9.98. The molecule has 0 radical (unpaired) electrons. The van der Waals surface area contributed by atoms with Gasteiger partial charge in [0, 0.05) is 12.6 Å². The maximum atomic E-state index is 9.81. The first-order valence-electron chi connectivity index (χ1n) is 7.95. The Labute approximate surface area is 127 Å². The van der Waals surface area contributed by atoms with E-state index in [9.17, 15) is 5.11 Å². The van der Waals surface area contributed by atoms with Crippen molar-refractivity contribution in [1.29, 1.82) is 0 Å². The molecule has 0 bridgehead atoms. The van der Waals surface area contributed by atoms with Gasteiger partial charge in [0.05, 0.1) is 19.3 Å². The molecular formula is C17H27NO3. The molecule has 4 nitrogen and oxygen atoms in total. The lowest BCUT2D eigenvalue weighted by molar-refractivity contribution is 0.0115. The van der Waals surface area contributed by atoms with E-state index in [4.69, 9.17) is 9.47 Å². The number of benzene rings is 1. The molecule has 4 heteroatoms. The van der Waals surface area contributed by atoms with Crippen LogP contribution in [0.25, 0.3) is 0 Å². The smallest absolute Gasteiger partial charge is 0.119 e. The molecule has 1 fully saturated rings. The molecule has 1 aliphatic rings. The van der Waals surface area contributed by atoms with Crippen molar-refractivity contribution in [2.45, 2.75) is 38.3 Å². The first kappa shape index (κ1) is 16.3. The van der Waals surface area contributed by atoms with Crippen molar-refractivity contribution in [2.75, 3.05) is 32.9 Å². The van der Waals surface area contributed by atoms with Crippen LogP contribution in [-0.4, -0.2) is 55.1 Å². The Morgan fingerprint density at radius 1 is 1.19 bits per heavy atom. The summed E-state index contributed by atoms with van der Waals surface area (Å²) in [6, 6.07) is 10.1. The molecule has 118 valence electrons. The van der Waals surface area contributed by atoms with E-state index in [1.165, 1.54) is 12.8 Å². The van der Waals surface area contributed by atoms with Gasteiger partial charge in [0.25, 0.3) is 0 Å². The third-order valence-corrected chi connectivity index (χ3v) is 3.98. The van der Waals surface area contributed by atoms with Gasteiger partial charge in [0.1, 0.15) is 12.4 Å². The first-order chi connectivity index (χ1) is 10.3. The molecule has 1 saturated heterocycles. The molecule has 0 spiro atoms. The van der Waals surface area contributed by atoms with Gasteiger partial charge >= 0.3 is 0 Å². The molecule has 0 amide bonds. The highest BCUT2D eigenvalue weighted by Gasteiger charge is 2.25. The van der Waals surface area contributed by atoms with E-state index in [1.54, 1.807) is 0 Å². The summed E-state index contributed by atoms with van der Waals surface area (Å²) in [6.45, 7) is 5.71. The highest BCUT2D eigenvalue weighted by atomic mass is 16.5. The fourth-order valence-corrected chi connectivity index (χ4v) is 2.86. The quantitative estimate of drug-likeness (QED) is 0.747. The van der Waals surface area contributed by atoms with Crippen LogP contribution in [0.2, 0.25) is 0 Å². The van der Waals surface area contributed by atoms with Crippen molar-refractivity contribution < 1.29 is 14.6 Å². The predicted octanol–water partition coefficient (Wildman–Crippen LogP) is 2.32. The van der Waals surface area contributed by atoms with E-state index in [1.807, 2.05) is 37.3 Å². The van der Waals surface area contributed by atoms with Crippen LogP contribution in [0.3, 0.4) is 0 Å². The molecule has 21 heavy (non-hydrogen) atoms. The molecule has 0 aromatic heterocycles. The van der Waals surface area contributed by atoms with Gasteiger partial charge in [-0.15, -0.1) is 0 Å². The number of nitrogens with zero attached hydrogens (tertiary/aromatic N) is 1. The average Bonchev–Trinajstić information content (AvgIpc) is 2.52. The van der Waals surface area contributed by atoms with Crippen molar-refractivity contribution in [3.05, 3.63) is 30.3 Å². The van der Waals surface area contributed by atoms with Crippen molar-refractivity contribution in [1.82, 2.24) is 4.90 Å². The summed E-state index contributed by atoms with van der Waals surface area (Å²) in [6.07, 6.45) is 3.28. The van der Waals surface area contributed by atoms with Gasteiger partial charge in [-0.25, -0.2) is 0 Å². The van der Waals surface area contributed by atoms with Crippen LogP contribution in [0.15, 0.2) is 30.3 Å². The Kier molecular flexibility index (Phi) is 7.00. The number of aliphatic hydroxyl groups is 1. The predicted molar refractivity (Wildman–Crippen MR) is 83.6 cm³/mol. The van der Waals surface area contributed by atoms with Gasteiger partial charge in [0.15, 0.2) is 0 Å². The standard InChI is InChI=1S/C17H27NO3/c1-15(19)17-9-5-6-10-18(17)11-12-20-13-14-21-16-7-3-2-4-8-16/h2-4,7-8,15,17,19H,5-6,9-14H2,1H3. The zero-order valence-corrected chi connectivity index (χ0v) is 12.9. The lowest BCUT2D eigenvalue weighted by Gasteiger charge is -2.37. The minimum atomic E-state index is -0.258. The second-order valence-electron chi connectivity index (χ2n) is 5.61. The second kappa shape index (κ2) is 9.03. The van der Waals surface area contributed by atoms with Gasteiger partial charge < -0.3 is 14.6 Å². The summed E-state index contributed by atoms with van der Waals surface area (Å²) in [4.78, 5) is 2.35. The molecule has 1 heterocycles. The number of aliphatic hydroxyl groups excluding tert-OH is 1. The molecule has 2 atom stereocenters. The van der Waals surface area contributed by atoms with Gasteiger partial charge in [-0.05, 0) is 38.4 Å². The van der Waals surface area contributed by atoms with E-state index in [0.717, 1.165) is 25.3 Å². The van der Waals surface area contributed by atoms with E-state index in [0.29, 0.717) is 25.9 Å². The number of hydrogen-bond acceptors (Lipinski definition) is 4. The lowest BCUT2D eigenvalue weighted by Crippen LogP contribution is -2.47. The third-order valence-electron chi connectivity index (χ3n) is 3.98. The number of ether oxygens (including phenoxy) is 2. The number of hydrogen-bond donors (Lipinski definition) is 1. The average molecular weight is 293 g/mol. The summed E-state index contributed by atoms with van der Waals surface area (Å²) in [5.41, 5.74) is 0. The highest BCUT2D eigenvalue weighted by molar-refractivity contribution is 5.20. The Morgan fingerprint density at radius 2 is 2.00 bits per heavy atom. The van der Waals surface area contributed by atoms with Crippen LogP contribution in [0.5, 0.6) is 5.75 Å². The fourth-order valence-electron chi connectivity index (χ4n) is 2.86. The van der Waals surface area contributed by atoms with E-state index >= 15 is 0 Å². The number of rotatable bonds is 8. The van der Waals surface area contributed by atoms with Gasteiger partial charge in [-0.1, -0.05) is 24.6 Å². The molecule has 2 unspecified atom stereocenters. The molecular weight excluding hydrogens is 266 g/mol. The van der Waals surface area contributed by atoms with Crippen LogP contribution in [0.1, 0.15) is 26.2 Å². The summed E-state index contributed by atoms with van der Waals surface area (Å²) in [5.74, 6) is 0.881. The van der Waals surface area contributed by atoms with Crippen LogP contribution in [0.4, 0.5) is 0 Å². The van der Waals surface area contributed by atoms with Crippen molar-refractivity contribution >= 4 is 0 Å². The third kappa shape index (κ3) is 5.65. The zero-order chi connectivity index (χ0) is 14.9. The minimum Gasteiger partial charge on any atom is -0.491 e. The second-order valence-corrected chi connectivity index (χ2v) is 5.61. The van der Waals surface area contributed by atoms with Crippen LogP contribution < -0.4 is 4.74 Å². The number of para-hydroxylation sites is 1. The highest BCUT2D eigenvalue weighted by Crippen LogP contribution is 2.19. The van der Waals surface area contributed by atoms with Gasteiger partial charge in [0.2, 0.25) is 0 Å². The maximum absolute atomic E-state index is 9.81. The molecule has 1 N–H and O–H groups in total. The largest absolute Gasteiger partial charge is 0.491 e. The Morgan fingerprint density at radius 3 is 2.76 bits per heavy atom. The Hall–Kier alpha value is -1.10. The monoisotopic (exact) mass is 293 g/mol. The summed E-state index contributed by atoms with van der Waals surface area (Å²) < 4.78 is 11.2. The number of piperidine rings is 1. The maximum Gasteiger partial charge on any atom is 0.119 e. The van der Waals surface area contributed by atoms with E-state index < -0.39 is 0 Å². The van der Waals surface area contributed by atoms with Crippen molar-refractivity contribution in [3.8, 4) is 5.75 Å². The fraction of sp³-hybridized carbons (Fsp3) is 0.647. The SMILES string of the molecule is CC(O)C1CCCCN1CCOCCOc1ccccc1. The molecule has 1 aromatic rings. The van der Waals surface area contributed by atoms with Crippen LogP contribution in [0, 0.1) is 0 Å². The van der Waals surface area contributed by atoms with Gasteiger partial charge in [-0.2, -0.15) is 0 Å². The normalized spacial score (nSPS) is 21.1. The summed E-state index contributed by atoms with van der Waals surface area (Å²) in [5, 5.41) is 9.81. The Balaban J connectivity index is 1.56.